The maximum Gasteiger partial charge on any atom is 0.164 e. The van der Waals surface area contributed by atoms with Gasteiger partial charge in [-0.05, 0) is 43.2 Å². The number of benzene rings is 3. The number of aromatic nitrogens is 4. The molecule has 5 nitrogen and oxygen atoms in total. The number of nitrogens with zero attached hydrogens (tertiary/aromatic N) is 5. The van der Waals surface area contributed by atoms with E-state index in [1.807, 2.05) is 66.7 Å². The Labute approximate surface area is 236 Å². The first kappa shape index (κ1) is 26.7. The average molecular weight is 524 g/mol. The van der Waals surface area contributed by atoms with Gasteiger partial charge >= 0.3 is 0 Å². The summed E-state index contributed by atoms with van der Waals surface area (Å²) in [7, 11) is 1.78. The molecule has 2 heterocycles. The molecule has 0 aliphatic carbocycles. The van der Waals surface area contributed by atoms with Crippen LogP contribution in [0.2, 0.25) is 0 Å². The van der Waals surface area contributed by atoms with Crippen molar-refractivity contribution in [2.45, 2.75) is 26.7 Å². The van der Waals surface area contributed by atoms with Gasteiger partial charge in [-0.25, -0.2) is 15.0 Å². The lowest BCUT2D eigenvalue weighted by atomic mass is 10.1. The quantitative estimate of drug-likeness (QED) is 0.143. The summed E-state index contributed by atoms with van der Waals surface area (Å²) in [6.07, 6.45) is 16.5. The smallest absolute Gasteiger partial charge is 0.164 e. The van der Waals surface area contributed by atoms with E-state index in [0.29, 0.717) is 17.5 Å². The predicted molar refractivity (Wildman–Crippen MR) is 169 cm³/mol. The van der Waals surface area contributed by atoms with E-state index < -0.39 is 0 Å². The second-order valence-corrected chi connectivity index (χ2v) is 9.34. The van der Waals surface area contributed by atoms with Crippen molar-refractivity contribution >= 4 is 28.9 Å². The van der Waals surface area contributed by atoms with Crippen LogP contribution in [0.25, 0.3) is 56.8 Å². The van der Waals surface area contributed by atoms with Crippen molar-refractivity contribution in [3.63, 3.8) is 0 Å². The summed E-state index contributed by atoms with van der Waals surface area (Å²) in [5, 5.41) is 1.13. The Morgan fingerprint density at radius 1 is 0.775 bits per heavy atom. The molecule has 5 heteroatoms. The van der Waals surface area contributed by atoms with Gasteiger partial charge in [-0.1, -0.05) is 92.7 Å². The van der Waals surface area contributed by atoms with Crippen LogP contribution in [0.4, 0.5) is 0 Å². The van der Waals surface area contributed by atoms with Crippen molar-refractivity contribution in [2.24, 2.45) is 4.99 Å². The van der Waals surface area contributed by atoms with Crippen LogP contribution in [0.3, 0.4) is 0 Å². The second-order valence-electron chi connectivity index (χ2n) is 9.34. The third-order valence-electron chi connectivity index (χ3n) is 6.64. The van der Waals surface area contributed by atoms with Crippen LogP contribution in [0, 0.1) is 0 Å². The lowest BCUT2D eigenvalue weighted by molar-refractivity contribution is 1.05. The average Bonchev–Trinajstić information content (AvgIpc) is 3.37. The molecule has 40 heavy (non-hydrogen) atoms. The highest BCUT2D eigenvalue weighted by molar-refractivity contribution is 5.96. The Morgan fingerprint density at radius 3 is 1.98 bits per heavy atom. The summed E-state index contributed by atoms with van der Waals surface area (Å²) in [5.41, 5.74) is 6.32. The molecule has 0 fully saturated rings. The van der Waals surface area contributed by atoms with Gasteiger partial charge in [-0.15, -0.1) is 0 Å². The third kappa shape index (κ3) is 5.89. The largest absolute Gasteiger partial charge is 0.320 e. The number of hydrogen-bond acceptors (Lipinski definition) is 4. The summed E-state index contributed by atoms with van der Waals surface area (Å²) in [6.45, 7) is 4.33. The zero-order valence-electron chi connectivity index (χ0n) is 23.2. The summed E-state index contributed by atoms with van der Waals surface area (Å²) < 4.78 is 2.28. The van der Waals surface area contributed by atoms with Crippen molar-refractivity contribution in [3.05, 3.63) is 115 Å². The molecule has 0 aliphatic heterocycles. The molecule has 2 aromatic heterocycles. The minimum atomic E-state index is 0.643. The van der Waals surface area contributed by atoms with Crippen LogP contribution in [-0.4, -0.2) is 32.8 Å². The minimum absolute atomic E-state index is 0.643. The van der Waals surface area contributed by atoms with Crippen molar-refractivity contribution in [3.8, 4) is 34.2 Å². The molecule has 0 saturated carbocycles. The molecule has 3 aromatic carbocycles. The molecular weight excluding hydrogens is 490 g/mol. The van der Waals surface area contributed by atoms with Crippen LogP contribution < -0.4 is 0 Å². The highest BCUT2D eigenvalue weighted by Gasteiger charge is 2.15. The third-order valence-corrected chi connectivity index (χ3v) is 6.64. The first-order valence-electron chi connectivity index (χ1n) is 13.7. The highest BCUT2D eigenvalue weighted by Crippen LogP contribution is 2.32. The highest BCUT2D eigenvalue weighted by atomic mass is 15.0. The minimum Gasteiger partial charge on any atom is -0.320 e. The molecule has 0 atom stereocenters. The molecule has 0 bridgehead atoms. The predicted octanol–water partition coefficient (Wildman–Crippen LogP) is 8.76. The second kappa shape index (κ2) is 12.8. The van der Waals surface area contributed by atoms with E-state index in [-0.39, 0.29) is 0 Å². The van der Waals surface area contributed by atoms with E-state index in [4.69, 9.17) is 15.0 Å². The van der Waals surface area contributed by atoms with Crippen molar-refractivity contribution in [2.75, 3.05) is 7.05 Å². The van der Waals surface area contributed by atoms with Gasteiger partial charge in [0.15, 0.2) is 17.5 Å². The SMILES string of the molecule is CC/C=C\C=C(/CC)n1cc(/C=C\C=N/C)c2cc(-c3nc(-c4ccccc4)nc(-c4ccccc4)n3)ccc21. The topological polar surface area (TPSA) is 56.0 Å². The Hall–Kier alpha value is -4.90. The number of aliphatic imine (C=N–C) groups is 1. The van der Waals surface area contributed by atoms with Gasteiger partial charge in [0.1, 0.15) is 0 Å². The zero-order valence-corrected chi connectivity index (χ0v) is 23.2. The normalized spacial score (nSPS) is 12.4. The molecule has 0 saturated heterocycles. The van der Waals surface area contributed by atoms with E-state index in [0.717, 1.165) is 46.0 Å². The Kier molecular flexibility index (Phi) is 8.52. The molecule has 0 amide bonds. The van der Waals surface area contributed by atoms with Crippen molar-refractivity contribution < 1.29 is 0 Å². The summed E-state index contributed by atoms with van der Waals surface area (Å²) in [5.74, 6) is 1.95. The standard InChI is InChI=1S/C35H33N5/c1-4-6-9-20-30(5-2)40-25-29(19-14-23-36-3)31-24-28(21-22-32(31)40)35-38-33(26-15-10-7-11-16-26)37-34(39-35)27-17-12-8-13-18-27/h6-25H,4-5H2,1-3H3/b9-6-,19-14-,30-20+,36-23-. The fourth-order valence-corrected chi connectivity index (χ4v) is 4.62. The van der Waals surface area contributed by atoms with E-state index in [2.05, 4.69) is 72.1 Å². The molecule has 0 spiro atoms. The molecule has 0 N–H and O–H groups in total. The van der Waals surface area contributed by atoms with Gasteiger partial charge < -0.3 is 4.57 Å². The molecular formula is C35H33N5. The van der Waals surface area contributed by atoms with Crippen molar-refractivity contribution in [1.29, 1.82) is 0 Å². The van der Waals surface area contributed by atoms with Crippen LogP contribution in [0.15, 0.2) is 114 Å². The van der Waals surface area contributed by atoms with Crippen LogP contribution in [-0.2, 0) is 0 Å². The van der Waals surface area contributed by atoms with Gasteiger partial charge in [0.2, 0.25) is 0 Å². The molecule has 5 rings (SSSR count). The number of fused-ring (bicyclic) bond motifs is 1. The number of hydrogen-bond donors (Lipinski definition) is 0. The Morgan fingerprint density at radius 2 is 1.40 bits per heavy atom. The lowest BCUT2D eigenvalue weighted by Gasteiger charge is -2.10. The summed E-state index contributed by atoms with van der Waals surface area (Å²) in [4.78, 5) is 18.8. The first-order chi connectivity index (χ1) is 19.7. The van der Waals surface area contributed by atoms with E-state index in [9.17, 15) is 0 Å². The van der Waals surface area contributed by atoms with E-state index >= 15 is 0 Å². The fourth-order valence-electron chi connectivity index (χ4n) is 4.62. The Balaban J connectivity index is 1.69. The number of allylic oxidation sites excluding steroid dienone is 5. The number of rotatable bonds is 9. The van der Waals surface area contributed by atoms with Crippen molar-refractivity contribution in [1.82, 2.24) is 19.5 Å². The first-order valence-corrected chi connectivity index (χ1v) is 13.7. The van der Waals surface area contributed by atoms with Crippen LogP contribution >= 0.6 is 0 Å². The van der Waals surface area contributed by atoms with Crippen LogP contribution in [0.5, 0.6) is 0 Å². The van der Waals surface area contributed by atoms with Gasteiger partial charge in [-0.3, -0.25) is 4.99 Å². The molecule has 0 unspecified atom stereocenters. The summed E-state index contributed by atoms with van der Waals surface area (Å²) in [6, 6.07) is 26.6. The lowest BCUT2D eigenvalue weighted by Crippen LogP contribution is -2.00. The van der Waals surface area contributed by atoms with Crippen LogP contribution in [0.1, 0.15) is 32.3 Å². The van der Waals surface area contributed by atoms with Gasteiger partial charge in [0.05, 0.1) is 5.52 Å². The monoisotopic (exact) mass is 523 g/mol. The van der Waals surface area contributed by atoms with Gasteiger partial charge in [0, 0.05) is 52.8 Å². The molecule has 5 aromatic rings. The maximum atomic E-state index is 4.93. The van der Waals surface area contributed by atoms with Gasteiger partial charge in [-0.2, -0.15) is 0 Å². The Bertz CT molecular complexity index is 1650. The zero-order chi connectivity index (χ0) is 27.7. The van der Waals surface area contributed by atoms with E-state index in [1.165, 1.54) is 5.70 Å². The fraction of sp³-hybridized carbons (Fsp3) is 0.143. The molecule has 0 aliphatic rings. The maximum absolute atomic E-state index is 4.93. The van der Waals surface area contributed by atoms with E-state index in [1.54, 1.807) is 13.3 Å². The van der Waals surface area contributed by atoms with Gasteiger partial charge in [0.25, 0.3) is 0 Å². The molecule has 0 radical (unpaired) electrons. The molecule has 198 valence electrons. The summed E-state index contributed by atoms with van der Waals surface area (Å²) >= 11 is 0.